The first kappa shape index (κ1) is 28.1. The standard InChI is InChI=1S/C15H10Cl2N2O3S.C6H14N4O2/c1-6-11-13(20)18-10(19-14(11)23-12(6)15(21)22)5-7-2-3-8(16)9(17)4-7;7-4(5(11)12)2-1-3-10-6(8)9/h2-4H,5H2,1H3,(H,21,22)(H,18,19,20);4H,1-3,7H2,(H,11,12)(H4,8,9,10). The van der Waals surface area contributed by atoms with Gasteiger partial charge in [0.1, 0.15) is 21.6 Å². The molecule has 3 rings (SSSR count). The predicted molar refractivity (Wildman–Crippen MR) is 137 cm³/mol. The van der Waals surface area contributed by atoms with Gasteiger partial charge in [-0.3, -0.25) is 14.6 Å². The van der Waals surface area contributed by atoms with E-state index in [2.05, 4.69) is 15.0 Å². The van der Waals surface area contributed by atoms with Gasteiger partial charge < -0.3 is 32.4 Å². The zero-order chi connectivity index (χ0) is 26.3. The minimum Gasteiger partial charge on any atom is -0.480 e. The molecule has 1 unspecified atom stereocenters. The Hall–Kier alpha value is -3.19. The number of aromatic carboxylic acids is 1. The van der Waals surface area contributed by atoms with E-state index in [1.807, 2.05) is 0 Å². The molecule has 9 N–H and O–H groups in total. The third-order valence-corrected chi connectivity index (χ3v) is 6.60. The quantitative estimate of drug-likeness (QED) is 0.140. The first-order valence-corrected chi connectivity index (χ1v) is 11.7. The lowest BCUT2D eigenvalue weighted by molar-refractivity contribution is -0.138. The Labute approximate surface area is 213 Å². The highest BCUT2D eigenvalue weighted by molar-refractivity contribution is 7.20. The Kier molecular flexibility index (Phi) is 10.0. The van der Waals surface area contributed by atoms with Gasteiger partial charge in [-0.1, -0.05) is 29.3 Å². The van der Waals surface area contributed by atoms with E-state index in [1.165, 1.54) is 0 Å². The van der Waals surface area contributed by atoms with Crippen LogP contribution in [0.4, 0.5) is 0 Å². The molecule has 2 heterocycles. The van der Waals surface area contributed by atoms with Gasteiger partial charge in [-0.15, -0.1) is 11.3 Å². The number of nitrogens with zero attached hydrogens (tertiary/aromatic N) is 2. The fraction of sp³-hybridized carbons (Fsp3) is 0.286. The summed E-state index contributed by atoms with van der Waals surface area (Å²) in [5, 5.41) is 18.7. The van der Waals surface area contributed by atoms with E-state index in [4.69, 9.17) is 50.6 Å². The first-order valence-electron chi connectivity index (χ1n) is 10.1. The van der Waals surface area contributed by atoms with Gasteiger partial charge >= 0.3 is 11.9 Å². The van der Waals surface area contributed by atoms with Crippen LogP contribution in [0.15, 0.2) is 28.0 Å². The molecule has 0 aliphatic heterocycles. The zero-order valence-electron chi connectivity index (χ0n) is 18.5. The normalized spacial score (nSPS) is 11.4. The van der Waals surface area contributed by atoms with Crippen LogP contribution in [0.1, 0.15) is 39.5 Å². The number of carbonyl (C=O) groups is 2. The van der Waals surface area contributed by atoms with Crippen molar-refractivity contribution in [3.63, 3.8) is 0 Å². The number of guanidine groups is 1. The average molecular weight is 543 g/mol. The molecule has 0 spiro atoms. The number of benzene rings is 1. The maximum absolute atomic E-state index is 12.2. The molecule has 0 saturated carbocycles. The number of fused-ring (bicyclic) bond motifs is 1. The molecule has 0 aliphatic rings. The Morgan fingerprint density at radius 1 is 1.23 bits per heavy atom. The van der Waals surface area contributed by atoms with Gasteiger partial charge in [-0.2, -0.15) is 0 Å². The van der Waals surface area contributed by atoms with Crippen molar-refractivity contribution >= 4 is 62.7 Å². The van der Waals surface area contributed by atoms with Gasteiger partial charge in [0.15, 0.2) is 5.96 Å². The van der Waals surface area contributed by atoms with Crippen molar-refractivity contribution in [1.29, 1.82) is 0 Å². The number of aromatic amines is 1. The van der Waals surface area contributed by atoms with Crippen LogP contribution in [0.5, 0.6) is 0 Å². The largest absolute Gasteiger partial charge is 0.480 e. The fourth-order valence-electron chi connectivity index (χ4n) is 2.96. The molecule has 2 aromatic heterocycles. The monoisotopic (exact) mass is 542 g/mol. The van der Waals surface area contributed by atoms with E-state index in [1.54, 1.807) is 25.1 Å². The van der Waals surface area contributed by atoms with Crippen molar-refractivity contribution in [1.82, 2.24) is 9.97 Å². The smallest absolute Gasteiger partial charge is 0.346 e. The number of carboxylic acid groups (broad SMARTS) is 2. The second-order valence-electron chi connectivity index (χ2n) is 7.37. The van der Waals surface area contributed by atoms with E-state index < -0.39 is 18.0 Å². The van der Waals surface area contributed by atoms with Crippen LogP contribution in [0.2, 0.25) is 10.0 Å². The summed E-state index contributed by atoms with van der Waals surface area (Å²) in [7, 11) is 0. The number of hydrogen-bond donors (Lipinski definition) is 6. The van der Waals surface area contributed by atoms with Gasteiger partial charge in [0.2, 0.25) is 0 Å². The lowest BCUT2D eigenvalue weighted by atomic mass is 10.1. The van der Waals surface area contributed by atoms with Crippen LogP contribution in [0, 0.1) is 6.92 Å². The number of halogens is 2. The molecule has 0 aliphatic carbocycles. The molecule has 0 amide bonds. The summed E-state index contributed by atoms with van der Waals surface area (Å²) in [6, 6.07) is 4.35. The summed E-state index contributed by atoms with van der Waals surface area (Å²) < 4.78 is 0. The Balaban J connectivity index is 0.000000307. The molecule has 0 radical (unpaired) electrons. The van der Waals surface area contributed by atoms with Crippen LogP contribution < -0.4 is 22.8 Å². The number of aliphatic carboxylic acids is 1. The van der Waals surface area contributed by atoms with Crippen molar-refractivity contribution in [2.45, 2.75) is 32.2 Å². The lowest BCUT2D eigenvalue weighted by Gasteiger charge is -2.03. The topological polar surface area (TPSA) is 211 Å². The van der Waals surface area contributed by atoms with E-state index >= 15 is 0 Å². The number of thiophene rings is 1. The molecule has 1 atom stereocenters. The van der Waals surface area contributed by atoms with Gasteiger partial charge in [-0.25, -0.2) is 9.78 Å². The highest BCUT2D eigenvalue weighted by atomic mass is 35.5. The number of rotatable bonds is 8. The Morgan fingerprint density at radius 2 is 1.91 bits per heavy atom. The summed E-state index contributed by atoms with van der Waals surface area (Å²) in [4.78, 5) is 44.9. The maximum Gasteiger partial charge on any atom is 0.346 e. The molecular weight excluding hydrogens is 519 g/mol. The second kappa shape index (κ2) is 12.5. The van der Waals surface area contributed by atoms with Crippen molar-refractivity contribution < 1.29 is 19.8 Å². The van der Waals surface area contributed by atoms with E-state index in [0.717, 1.165) is 16.9 Å². The van der Waals surface area contributed by atoms with Crippen LogP contribution in [0.25, 0.3) is 10.2 Å². The van der Waals surface area contributed by atoms with Crippen molar-refractivity contribution in [3.05, 3.63) is 60.4 Å². The number of H-pyrrole nitrogens is 1. The molecule has 35 heavy (non-hydrogen) atoms. The van der Waals surface area contributed by atoms with E-state index in [0.29, 0.717) is 57.5 Å². The number of aryl methyl sites for hydroxylation is 1. The van der Waals surface area contributed by atoms with Crippen LogP contribution in [-0.4, -0.2) is 50.7 Å². The molecule has 0 fully saturated rings. The molecule has 0 bridgehead atoms. The van der Waals surface area contributed by atoms with Crippen LogP contribution >= 0.6 is 34.5 Å². The molecule has 3 aromatic rings. The number of hydrogen-bond acceptors (Lipinski definition) is 7. The summed E-state index contributed by atoms with van der Waals surface area (Å²) in [5.74, 6) is -1.60. The molecule has 1 aromatic carbocycles. The van der Waals surface area contributed by atoms with E-state index in [9.17, 15) is 14.4 Å². The van der Waals surface area contributed by atoms with Gasteiger partial charge in [-0.05, 0) is 43.0 Å². The molecule has 0 saturated heterocycles. The second-order valence-corrected chi connectivity index (χ2v) is 9.19. The highest BCUT2D eigenvalue weighted by Crippen LogP contribution is 2.27. The Morgan fingerprint density at radius 3 is 2.49 bits per heavy atom. The SMILES string of the molecule is Cc1c(C(=O)O)sc2nc(Cc3ccc(Cl)c(Cl)c3)[nH]c(=O)c12.NC(N)=NCCCC(N)C(=O)O. The third-order valence-electron chi connectivity index (χ3n) is 4.68. The summed E-state index contributed by atoms with van der Waals surface area (Å²) in [6.45, 7) is 2.03. The number of nitrogens with two attached hydrogens (primary N) is 3. The predicted octanol–water partition coefficient (Wildman–Crippen LogP) is 2.34. The molecular formula is C21H24Cl2N6O5S. The molecule has 188 valence electrons. The first-order chi connectivity index (χ1) is 16.4. The van der Waals surface area contributed by atoms with Crippen LogP contribution in [0.3, 0.4) is 0 Å². The maximum atomic E-state index is 12.2. The summed E-state index contributed by atoms with van der Waals surface area (Å²) >= 11 is 12.9. The number of aliphatic imine (C=N–C) groups is 1. The van der Waals surface area contributed by atoms with Crippen molar-refractivity contribution in [3.8, 4) is 0 Å². The van der Waals surface area contributed by atoms with Crippen molar-refractivity contribution in [2.24, 2.45) is 22.2 Å². The molecule has 14 heteroatoms. The number of aromatic nitrogens is 2. The Bertz CT molecular complexity index is 1320. The number of nitrogens with one attached hydrogen (secondary N) is 1. The minimum absolute atomic E-state index is 0.0129. The summed E-state index contributed by atoms with van der Waals surface area (Å²) in [5.41, 5.74) is 16.3. The summed E-state index contributed by atoms with van der Waals surface area (Å²) in [6.07, 6.45) is 1.32. The highest BCUT2D eigenvalue weighted by Gasteiger charge is 2.18. The molecule has 11 nitrogen and oxygen atoms in total. The lowest BCUT2D eigenvalue weighted by Crippen LogP contribution is -2.30. The van der Waals surface area contributed by atoms with Gasteiger partial charge in [0.05, 0.1) is 15.4 Å². The fourth-order valence-corrected chi connectivity index (χ4v) is 4.32. The van der Waals surface area contributed by atoms with Gasteiger partial charge in [0, 0.05) is 13.0 Å². The minimum atomic E-state index is -1.06. The number of carboxylic acids is 2. The average Bonchev–Trinajstić information content (AvgIpc) is 3.11. The van der Waals surface area contributed by atoms with E-state index in [-0.39, 0.29) is 16.4 Å². The third kappa shape index (κ3) is 7.92. The van der Waals surface area contributed by atoms with Crippen LogP contribution in [-0.2, 0) is 11.2 Å². The van der Waals surface area contributed by atoms with Gasteiger partial charge in [0.25, 0.3) is 5.56 Å². The zero-order valence-corrected chi connectivity index (χ0v) is 20.9. The van der Waals surface area contributed by atoms with Crippen molar-refractivity contribution in [2.75, 3.05) is 6.54 Å².